The van der Waals surface area contributed by atoms with Crippen molar-refractivity contribution in [3.05, 3.63) is 83.5 Å². The second-order valence-electron chi connectivity index (χ2n) is 7.43. The van der Waals surface area contributed by atoms with E-state index in [0.29, 0.717) is 33.6 Å². The molecule has 4 aromatic rings. The van der Waals surface area contributed by atoms with Gasteiger partial charge < -0.3 is 20.1 Å². The minimum absolute atomic E-state index is 0.189. The van der Waals surface area contributed by atoms with Crippen molar-refractivity contribution >= 4 is 45.7 Å². The summed E-state index contributed by atoms with van der Waals surface area (Å²) in [5.41, 5.74) is 2.52. The zero-order chi connectivity index (χ0) is 25.5. The minimum Gasteiger partial charge on any atom is -0.493 e. The van der Waals surface area contributed by atoms with Crippen LogP contribution in [0.3, 0.4) is 0 Å². The van der Waals surface area contributed by atoms with Crippen LogP contribution in [0.5, 0.6) is 11.5 Å². The van der Waals surface area contributed by atoms with Gasteiger partial charge >= 0.3 is 0 Å². The van der Waals surface area contributed by atoms with Gasteiger partial charge in [0.05, 0.1) is 25.7 Å². The van der Waals surface area contributed by atoms with E-state index in [1.54, 1.807) is 42.5 Å². The largest absolute Gasteiger partial charge is 0.493 e. The van der Waals surface area contributed by atoms with Gasteiger partial charge in [-0.05, 0) is 66.7 Å². The van der Waals surface area contributed by atoms with E-state index < -0.39 is 0 Å². The fraction of sp³-hybridized carbons (Fsp3) is 0.115. The van der Waals surface area contributed by atoms with Gasteiger partial charge in [0.1, 0.15) is 5.82 Å². The number of thiazole rings is 1. The van der Waals surface area contributed by atoms with Gasteiger partial charge in [0.2, 0.25) is 5.91 Å². The van der Waals surface area contributed by atoms with Crippen molar-refractivity contribution in [3.63, 3.8) is 0 Å². The van der Waals surface area contributed by atoms with Crippen LogP contribution in [0.1, 0.15) is 10.4 Å². The van der Waals surface area contributed by atoms with Gasteiger partial charge in [0, 0.05) is 27.1 Å². The van der Waals surface area contributed by atoms with Crippen LogP contribution in [0.25, 0.3) is 11.3 Å². The number of benzene rings is 3. The molecule has 1 aromatic heterocycles. The van der Waals surface area contributed by atoms with Gasteiger partial charge in [-0.15, -0.1) is 23.1 Å². The molecule has 0 saturated carbocycles. The van der Waals surface area contributed by atoms with Crippen LogP contribution in [0.4, 0.5) is 15.2 Å². The minimum atomic E-state index is -0.312. The van der Waals surface area contributed by atoms with Gasteiger partial charge in [0.15, 0.2) is 16.6 Å². The van der Waals surface area contributed by atoms with E-state index >= 15 is 0 Å². The highest BCUT2D eigenvalue weighted by atomic mass is 32.2. The first kappa shape index (κ1) is 25.2. The van der Waals surface area contributed by atoms with Gasteiger partial charge in [-0.3, -0.25) is 9.59 Å². The predicted octanol–water partition coefficient (Wildman–Crippen LogP) is 5.95. The molecule has 0 spiro atoms. The highest BCUT2D eigenvalue weighted by Gasteiger charge is 2.12. The molecule has 3 aromatic carbocycles. The molecule has 0 fully saturated rings. The van der Waals surface area contributed by atoms with E-state index in [1.165, 1.54) is 49.5 Å². The zero-order valence-electron chi connectivity index (χ0n) is 19.4. The molecule has 0 saturated heterocycles. The molecule has 36 heavy (non-hydrogen) atoms. The molecule has 2 amide bonds. The zero-order valence-corrected chi connectivity index (χ0v) is 21.0. The molecule has 0 atom stereocenters. The van der Waals surface area contributed by atoms with Crippen LogP contribution in [0.2, 0.25) is 0 Å². The highest BCUT2D eigenvalue weighted by molar-refractivity contribution is 8.00. The van der Waals surface area contributed by atoms with Crippen molar-refractivity contribution in [2.45, 2.75) is 4.90 Å². The Labute approximate surface area is 215 Å². The molecule has 2 N–H and O–H groups in total. The summed E-state index contributed by atoms with van der Waals surface area (Å²) in [7, 11) is 3.05. The maximum absolute atomic E-state index is 13.1. The number of ether oxygens (including phenoxy) is 2. The van der Waals surface area contributed by atoms with Crippen molar-refractivity contribution in [2.75, 3.05) is 30.6 Å². The molecule has 0 radical (unpaired) electrons. The topological polar surface area (TPSA) is 89.5 Å². The lowest BCUT2D eigenvalue weighted by atomic mass is 10.2. The van der Waals surface area contributed by atoms with Crippen LogP contribution in [0, 0.1) is 5.82 Å². The average molecular weight is 524 g/mol. The number of anilines is 2. The molecule has 0 bridgehead atoms. The summed E-state index contributed by atoms with van der Waals surface area (Å²) >= 11 is 2.67. The van der Waals surface area contributed by atoms with E-state index in [-0.39, 0.29) is 23.4 Å². The Bertz CT molecular complexity index is 1360. The molecule has 0 aliphatic heterocycles. The number of carbonyl (C=O) groups is 2. The first-order chi connectivity index (χ1) is 17.4. The van der Waals surface area contributed by atoms with Crippen LogP contribution in [-0.2, 0) is 4.79 Å². The predicted molar refractivity (Wildman–Crippen MR) is 141 cm³/mol. The summed E-state index contributed by atoms with van der Waals surface area (Å²) in [5, 5.41) is 7.91. The molecule has 1 heterocycles. The van der Waals surface area contributed by atoms with Crippen molar-refractivity contribution in [3.8, 4) is 22.8 Å². The first-order valence-electron chi connectivity index (χ1n) is 10.7. The van der Waals surface area contributed by atoms with Crippen LogP contribution >= 0.6 is 23.1 Å². The number of hydrogen-bond donors (Lipinski definition) is 2. The van der Waals surface area contributed by atoms with Crippen LogP contribution < -0.4 is 20.1 Å². The summed E-state index contributed by atoms with van der Waals surface area (Å²) < 4.78 is 23.5. The molecular weight excluding hydrogens is 501 g/mol. The molecule has 0 unspecified atom stereocenters. The van der Waals surface area contributed by atoms with E-state index in [0.717, 1.165) is 10.5 Å². The molecule has 0 aliphatic rings. The lowest BCUT2D eigenvalue weighted by Crippen LogP contribution is -2.13. The standard InChI is InChI=1S/C26H22FN3O4S2/c1-33-22-12-5-17(13-23(22)34-2)25(32)28-19-8-10-20(11-9-19)35-15-24(31)30-26-29-21(14-36-26)16-3-6-18(27)7-4-16/h3-14H,15H2,1-2H3,(H,28,32)(H,29,30,31). The number of aromatic nitrogens is 1. The Morgan fingerprint density at radius 2 is 1.67 bits per heavy atom. The van der Waals surface area contributed by atoms with Crippen molar-refractivity contribution in [1.82, 2.24) is 4.98 Å². The Balaban J connectivity index is 1.28. The van der Waals surface area contributed by atoms with Gasteiger partial charge in [-0.2, -0.15) is 0 Å². The third-order valence-electron chi connectivity index (χ3n) is 5.02. The quantitative estimate of drug-likeness (QED) is 0.264. The monoisotopic (exact) mass is 523 g/mol. The molecule has 4 rings (SSSR count). The normalized spacial score (nSPS) is 10.5. The maximum atomic E-state index is 13.1. The number of hydrogen-bond acceptors (Lipinski definition) is 7. The lowest BCUT2D eigenvalue weighted by Gasteiger charge is -2.10. The molecule has 0 aliphatic carbocycles. The SMILES string of the molecule is COc1ccc(C(=O)Nc2ccc(SCC(=O)Nc3nc(-c4ccc(F)cc4)cs3)cc2)cc1OC. The lowest BCUT2D eigenvalue weighted by molar-refractivity contribution is -0.113. The smallest absolute Gasteiger partial charge is 0.255 e. The van der Waals surface area contributed by atoms with Gasteiger partial charge in [-0.1, -0.05) is 0 Å². The number of rotatable bonds is 9. The van der Waals surface area contributed by atoms with E-state index in [1.807, 2.05) is 17.5 Å². The van der Waals surface area contributed by atoms with Crippen molar-refractivity contribution in [2.24, 2.45) is 0 Å². The molecule has 10 heteroatoms. The molecular formula is C26H22FN3O4S2. The summed E-state index contributed by atoms with van der Waals surface area (Å²) in [6.07, 6.45) is 0. The number of halogens is 1. The second-order valence-corrected chi connectivity index (χ2v) is 9.34. The molecule has 7 nitrogen and oxygen atoms in total. The van der Waals surface area contributed by atoms with E-state index in [2.05, 4.69) is 15.6 Å². The van der Waals surface area contributed by atoms with Gasteiger partial charge in [-0.25, -0.2) is 9.37 Å². The number of nitrogens with zero attached hydrogens (tertiary/aromatic N) is 1. The average Bonchev–Trinajstić information content (AvgIpc) is 3.36. The number of amides is 2. The Hall–Kier alpha value is -3.89. The number of thioether (sulfide) groups is 1. The Kier molecular flexibility index (Phi) is 8.19. The third kappa shape index (κ3) is 6.41. The fourth-order valence-corrected chi connectivity index (χ4v) is 4.64. The first-order valence-corrected chi connectivity index (χ1v) is 12.6. The van der Waals surface area contributed by atoms with Crippen molar-refractivity contribution in [1.29, 1.82) is 0 Å². The highest BCUT2D eigenvalue weighted by Crippen LogP contribution is 2.29. The summed E-state index contributed by atoms with van der Waals surface area (Å²) in [5.74, 6) is 0.433. The van der Waals surface area contributed by atoms with Crippen molar-refractivity contribution < 1.29 is 23.5 Å². The summed E-state index contributed by atoms with van der Waals surface area (Å²) in [6, 6.07) is 18.2. The summed E-state index contributed by atoms with van der Waals surface area (Å²) in [6.45, 7) is 0. The number of nitrogens with one attached hydrogen (secondary N) is 2. The summed E-state index contributed by atoms with van der Waals surface area (Å²) in [4.78, 5) is 30.2. The number of carbonyl (C=O) groups excluding carboxylic acids is 2. The Morgan fingerprint density at radius 3 is 2.36 bits per heavy atom. The maximum Gasteiger partial charge on any atom is 0.255 e. The van der Waals surface area contributed by atoms with E-state index in [9.17, 15) is 14.0 Å². The van der Waals surface area contributed by atoms with Gasteiger partial charge in [0.25, 0.3) is 5.91 Å². The number of methoxy groups -OCH3 is 2. The second kappa shape index (κ2) is 11.7. The fourth-order valence-electron chi connectivity index (χ4n) is 3.20. The van der Waals surface area contributed by atoms with Crippen LogP contribution in [-0.4, -0.2) is 36.8 Å². The molecule has 184 valence electrons. The third-order valence-corrected chi connectivity index (χ3v) is 6.79. The van der Waals surface area contributed by atoms with E-state index in [4.69, 9.17) is 9.47 Å². The Morgan fingerprint density at radius 1 is 0.944 bits per heavy atom. The van der Waals surface area contributed by atoms with Crippen LogP contribution in [0.15, 0.2) is 77.0 Å².